The Hall–Kier alpha value is -1.96. The Balaban J connectivity index is 2.56. The summed E-state index contributed by atoms with van der Waals surface area (Å²) < 4.78 is 13.3. The van der Waals surface area contributed by atoms with Crippen molar-refractivity contribution < 1.29 is 9.18 Å². The highest BCUT2D eigenvalue weighted by Crippen LogP contribution is 2.25. The maximum Gasteiger partial charge on any atom is 0.150 e. The van der Waals surface area contributed by atoms with E-state index in [1.165, 1.54) is 12.1 Å². The van der Waals surface area contributed by atoms with E-state index in [-0.39, 0.29) is 5.82 Å². The fourth-order valence-electron chi connectivity index (χ4n) is 1.98. The highest BCUT2D eigenvalue weighted by atomic mass is 19.1. The highest BCUT2D eigenvalue weighted by molar-refractivity contribution is 5.78. The van der Waals surface area contributed by atoms with Crippen molar-refractivity contribution in [3.63, 3.8) is 0 Å². The number of rotatable bonds is 2. The van der Waals surface area contributed by atoms with E-state index < -0.39 is 0 Å². The highest BCUT2D eigenvalue weighted by Gasteiger charge is 2.05. The molecule has 0 amide bonds. The van der Waals surface area contributed by atoms with Crippen LogP contribution in [-0.4, -0.2) is 6.29 Å². The molecule has 86 valence electrons. The third-order valence-corrected chi connectivity index (χ3v) is 2.74. The van der Waals surface area contributed by atoms with Gasteiger partial charge in [0, 0.05) is 5.56 Å². The first-order valence-electron chi connectivity index (χ1n) is 5.43. The zero-order chi connectivity index (χ0) is 12.4. The van der Waals surface area contributed by atoms with Crippen LogP contribution in [0.3, 0.4) is 0 Å². The molecule has 1 nitrogen and oxygen atoms in total. The first-order chi connectivity index (χ1) is 8.10. The molecule has 0 radical (unpaired) electrons. The van der Waals surface area contributed by atoms with Crippen LogP contribution >= 0.6 is 0 Å². The Labute approximate surface area is 99.9 Å². The van der Waals surface area contributed by atoms with Crippen LogP contribution in [0, 0.1) is 19.7 Å². The van der Waals surface area contributed by atoms with Gasteiger partial charge in [0.05, 0.1) is 0 Å². The molecule has 0 bridgehead atoms. The fraction of sp³-hybridized carbons (Fsp3) is 0.133. The van der Waals surface area contributed by atoms with Crippen LogP contribution in [0.15, 0.2) is 36.4 Å². The first kappa shape index (κ1) is 11.5. The Morgan fingerprint density at radius 3 is 2.41 bits per heavy atom. The summed E-state index contributed by atoms with van der Waals surface area (Å²) in [5.41, 5.74) is 4.30. The lowest BCUT2D eigenvalue weighted by Gasteiger charge is -2.08. The zero-order valence-electron chi connectivity index (χ0n) is 9.83. The molecule has 2 aromatic carbocycles. The van der Waals surface area contributed by atoms with Crippen molar-refractivity contribution in [1.29, 1.82) is 0 Å². The molecule has 0 aliphatic carbocycles. The smallest absolute Gasteiger partial charge is 0.150 e. The fourth-order valence-corrected chi connectivity index (χ4v) is 1.98. The minimum atomic E-state index is -0.237. The van der Waals surface area contributed by atoms with Gasteiger partial charge in [-0.15, -0.1) is 0 Å². The second-order valence-corrected chi connectivity index (χ2v) is 4.21. The van der Waals surface area contributed by atoms with Gasteiger partial charge in [0.15, 0.2) is 0 Å². The van der Waals surface area contributed by atoms with E-state index in [4.69, 9.17) is 0 Å². The van der Waals surface area contributed by atoms with E-state index in [9.17, 15) is 9.18 Å². The van der Waals surface area contributed by atoms with Crippen LogP contribution < -0.4 is 0 Å². The number of carbonyl (C=O) groups excluding carboxylic acids is 1. The van der Waals surface area contributed by atoms with Gasteiger partial charge >= 0.3 is 0 Å². The minimum Gasteiger partial charge on any atom is -0.298 e. The van der Waals surface area contributed by atoms with E-state index in [0.717, 1.165) is 28.5 Å². The Bertz CT molecular complexity index is 553. The molecule has 0 atom stereocenters. The number of halogens is 1. The van der Waals surface area contributed by atoms with Crippen LogP contribution in [0.5, 0.6) is 0 Å². The molecule has 17 heavy (non-hydrogen) atoms. The predicted molar refractivity (Wildman–Crippen MR) is 66.7 cm³/mol. The average Bonchev–Trinajstić information content (AvgIpc) is 2.27. The normalized spacial score (nSPS) is 10.3. The summed E-state index contributed by atoms with van der Waals surface area (Å²) in [6.45, 7) is 3.78. The van der Waals surface area contributed by atoms with E-state index in [0.29, 0.717) is 5.56 Å². The summed E-state index contributed by atoms with van der Waals surface area (Å²) in [6, 6.07) is 10.4. The van der Waals surface area contributed by atoms with E-state index >= 15 is 0 Å². The molecular formula is C15H13FO. The number of benzene rings is 2. The van der Waals surface area contributed by atoms with Gasteiger partial charge < -0.3 is 0 Å². The quantitative estimate of drug-likeness (QED) is 0.712. The van der Waals surface area contributed by atoms with Gasteiger partial charge in [-0.25, -0.2) is 4.39 Å². The molecule has 0 heterocycles. The average molecular weight is 228 g/mol. The number of hydrogen-bond acceptors (Lipinski definition) is 1. The largest absolute Gasteiger partial charge is 0.298 e. The molecule has 0 unspecified atom stereocenters. The summed E-state index contributed by atoms with van der Waals surface area (Å²) in [5.74, 6) is -0.237. The van der Waals surface area contributed by atoms with Gasteiger partial charge in [-0.05, 0) is 54.3 Å². The summed E-state index contributed by atoms with van der Waals surface area (Å²) in [6.07, 6.45) is 0.813. The van der Waals surface area contributed by atoms with Crippen LogP contribution in [-0.2, 0) is 0 Å². The van der Waals surface area contributed by atoms with E-state index in [1.807, 2.05) is 32.0 Å². The number of aldehydes is 1. The summed E-state index contributed by atoms with van der Waals surface area (Å²) >= 11 is 0. The van der Waals surface area contributed by atoms with Gasteiger partial charge in [-0.1, -0.05) is 18.2 Å². The monoisotopic (exact) mass is 228 g/mol. The summed E-state index contributed by atoms with van der Waals surface area (Å²) in [7, 11) is 0. The minimum absolute atomic E-state index is 0.237. The molecule has 0 aliphatic rings. The van der Waals surface area contributed by atoms with Gasteiger partial charge in [-0.2, -0.15) is 0 Å². The molecule has 0 N–H and O–H groups in total. The van der Waals surface area contributed by atoms with Crippen molar-refractivity contribution in [3.8, 4) is 11.1 Å². The van der Waals surface area contributed by atoms with Gasteiger partial charge in [0.1, 0.15) is 12.1 Å². The van der Waals surface area contributed by atoms with Gasteiger partial charge in [-0.3, -0.25) is 4.79 Å². The van der Waals surface area contributed by atoms with Crippen LogP contribution in [0.1, 0.15) is 21.5 Å². The van der Waals surface area contributed by atoms with E-state index in [2.05, 4.69) is 0 Å². The number of carbonyl (C=O) groups is 1. The number of hydrogen-bond donors (Lipinski definition) is 0. The summed E-state index contributed by atoms with van der Waals surface area (Å²) in [5, 5.41) is 0. The topological polar surface area (TPSA) is 17.1 Å². The summed E-state index contributed by atoms with van der Waals surface area (Å²) in [4.78, 5) is 10.7. The third-order valence-electron chi connectivity index (χ3n) is 2.74. The lowest BCUT2D eigenvalue weighted by Crippen LogP contribution is -1.89. The zero-order valence-corrected chi connectivity index (χ0v) is 9.83. The van der Waals surface area contributed by atoms with Crippen molar-refractivity contribution in [2.45, 2.75) is 13.8 Å². The van der Waals surface area contributed by atoms with Crippen LogP contribution in [0.4, 0.5) is 4.39 Å². The second kappa shape index (κ2) is 4.50. The van der Waals surface area contributed by atoms with E-state index in [1.54, 1.807) is 6.07 Å². The van der Waals surface area contributed by atoms with Gasteiger partial charge in [0.2, 0.25) is 0 Å². The molecule has 0 spiro atoms. The SMILES string of the molecule is Cc1cc(F)cc(-c2ccc(C=O)cc2C)c1. The first-order valence-corrected chi connectivity index (χ1v) is 5.43. The van der Waals surface area contributed by atoms with Gasteiger partial charge in [0.25, 0.3) is 0 Å². The van der Waals surface area contributed by atoms with Crippen molar-refractivity contribution in [3.05, 3.63) is 58.9 Å². The molecule has 0 fully saturated rings. The predicted octanol–water partition coefficient (Wildman–Crippen LogP) is 3.92. The molecule has 0 aromatic heterocycles. The van der Waals surface area contributed by atoms with Crippen molar-refractivity contribution in [1.82, 2.24) is 0 Å². The Kier molecular flexibility index (Phi) is 3.05. The molecule has 0 saturated heterocycles. The van der Waals surface area contributed by atoms with Crippen molar-refractivity contribution in [2.75, 3.05) is 0 Å². The van der Waals surface area contributed by atoms with Crippen molar-refractivity contribution in [2.24, 2.45) is 0 Å². The maximum absolute atomic E-state index is 13.3. The third kappa shape index (κ3) is 2.41. The molecule has 2 rings (SSSR count). The molecule has 2 heteroatoms. The number of aryl methyl sites for hydroxylation is 2. The lowest BCUT2D eigenvalue weighted by molar-refractivity contribution is 0.112. The lowest BCUT2D eigenvalue weighted by atomic mass is 9.97. The van der Waals surface area contributed by atoms with Crippen molar-refractivity contribution >= 4 is 6.29 Å². The molecule has 0 aliphatic heterocycles. The van der Waals surface area contributed by atoms with Crippen LogP contribution in [0.2, 0.25) is 0 Å². The molecular weight excluding hydrogens is 215 g/mol. The Morgan fingerprint density at radius 1 is 1.06 bits per heavy atom. The van der Waals surface area contributed by atoms with Crippen LogP contribution in [0.25, 0.3) is 11.1 Å². The molecule has 2 aromatic rings. The Morgan fingerprint density at radius 2 is 1.82 bits per heavy atom. The standard InChI is InChI=1S/C15H13FO/c1-10-5-13(8-14(16)6-10)15-4-3-12(9-17)7-11(15)2/h3-9H,1-2H3. The second-order valence-electron chi connectivity index (χ2n) is 4.21. The maximum atomic E-state index is 13.3. The molecule has 0 saturated carbocycles.